The molecule has 8 nitrogen and oxygen atoms in total. The summed E-state index contributed by atoms with van der Waals surface area (Å²) in [5.41, 5.74) is 1.12. The molecule has 1 aliphatic heterocycles. The molecule has 10 heteroatoms. The number of hydrogen-bond acceptors (Lipinski definition) is 6. The first kappa shape index (κ1) is 19.8. The van der Waals surface area contributed by atoms with E-state index < -0.39 is 5.82 Å². The fraction of sp³-hybridized carbons (Fsp3) is 0.333. The van der Waals surface area contributed by atoms with E-state index >= 15 is 0 Å². The minimum Gasteiger partial charge on any atom is -0.337 e. The van der Waals surface area contributed by atoms with E-state index in [1.54, 1.807) is 24.1 Å². The van der Waals surface area contributed by atoms with Crippen molar-refractivity contribution in [3.05, 3.63) is 63.3 Å². The number of aromatic nitrogens is 4. The summed E-state index contributed by atoms with van der Waals surface area (Å²) in [6, 6.07) is 7.74. The summed E-state index contributed by atoms with van der Waals surface area (Å²) >= 11 is 1.41. The minimum atomic E-state index is -0.407. The van der Waals surface area contributed by atoms with Gasteiger partial charge in [0.25, 0.3) is 11.5 Å². The van der Waals surface area contributed by atoms with Gasteiger partial charge in [-0.25, -0.2) is 4.39 Å². The quantitative estimate of drug-likeness (QED) is 0.488. The number of carbonyl (C=O) groups excluding carboxylic acids is 1. The normalized spacial score (nSPS) is 15.6. The van der Waals surface area contributed by atoms with Crippen LogP contribution < -0.4 is 5.56 Å². The van der Waals surface area contributed by atoms with Gasteiger partial charge in [0.15, 0.2) is 5.82 Å². The van der Waals surface area contributed by atoms with Crippen LogP contribution in [0.2, 0.25) is 0 Å². The zero-order chi connectivity index (χ0) is 21.5. The number of hydrogen-bond donors (Lipinski definition) is 0. The zero-order valence-corrected chi connectivity index (χ0v) is 17.8. The molecule has 4 aromatic rings. The topological polar surface area (TPSA) is 75.7 Å². The number of nitrogens with zero attached hydrogens (tertiary/aromatic N) is 6. The van der Waals surface area contributed by atoms with Crippen molar-refractivity contribution in [2.45, 2.75) is 13.0 Å². The lowest BCUT2D eigenvalue weighted by atomic mass is 10.2. The van der Waals surface area contributed by atoms with Crippen LogP contribution in [0.4, 0.5) is 4.39 Å². The number of benzene rings is 1. The summed E-state index contributed by atoms with van der Waals surface area (Å²) in [7, 11) is 1.71. The molecule has 0 saturated carbocycles. The van der Waals surface area contributed by atoms with Gasteiger partial charge >= 0.3 is 0 Å². The molecule has 5 rings (SSSR count). The molecule has 0 spiro atoms. The summed E-state index contributed by atoms with van der Waals surface area (Å²) < 4.78 is 17.6. The highest BCUT2D eigenvalue weighted by Crippen LogP contribution is 2.20. The largest absolute Gasteiger partial charge is 0.337 e. The molecule has 31 heavy (non-hydrogen) atoms. The van der Waals surface area contributed by atoms with Crippen molar-refractivity contribution >= 4 is 33.2 Å². The van der Waals surface area contributed by atoms with Crippen LogP contribution in [0.3, 0.4) is 0 Å². The Hall–Kier alpha value is -3.11. The van der Waals surface area contributed by atoms with Gasteiger partial charge in [0.1, 0.15) is 10.5 Å². The molecule has 1 fully saturated rings. The third kappa shape index (κ3) is 3.51. The molecule has 0 bridgehead atoms. The van der Waals surface area contributed by atoms with Crippen LogP contribution in [-0.2, 0) is 13.6 Å². The van der Waals surface area contributed by atoms with Crippen molar-refractivity contribution in [1.82, 2.24) is 29.0 Å². The molecular weight excluding hydrogens is 419 g/mol. The molecule has 4 heterocycles. The van der Waals surface area contributed by atoms with E-state index in [9.17, 15) is 14.0 Å². The molecule has 0 aliphatic carbocycles. The van der Waals surface area contributed by atoms with Gasteiger partial charge in [0.2, 0.25) is 5.78 Å². The van der Waals surface area contributed by atoms with Crippen LogP contribution in [0.5, 0.6) is 0 Å². The maximum atomic E-state index is 13.5. The van der Waals surface area contributed by atoms with Crippen LogP contribution in [0, 0.1) is 5.82 Å². The van der Waals surface area contributed by atoms with Crippen molar-refractivity contribution in [2.75, 3.05) is 26.2 Å². The van der Waals surface area contributed by atoms with E-state index in [-0.39, 0.29) is 11.5 Å². The van der Waals surface area contributed by atoms with E-state index in [1.807, 2.05) is 15.8 Å². The van der Waals surface area contributed by atoms with Gasteiger partial charge in [-0.3, -0.25) is 23.5 Å². The third-order valence-corrected chi connectivity index (χ3v) is 6.60. The van der Waals surface area contributed by atoms with Crippen LogP contribution >= 0.6 is 11.3 Å². The monoisotopic (exact) mass is 440 g/mol. The van der Waals surface area contributed by atoms with Crippen molar-refractivity contribution in [3.63, 3.8) is 0 Å². The Labute approximate surface area is 181 Å². The highest BCUT2D eigenvalue weighted by molar-refractivity contribution is 7.17. The van der Waals surface area contributed by atoms with Crippen molar-refractivity contribution < 1.29 is 9.18 Å². The lowest BCUT2D eigenvalue weighted by molar-refractivity contribution is 0.0760. The van der Waals surface area contributed by atoms with Gasteiger partial charge in [0, 0.05) is 38.8 Å². The number of amides is 1. The first-order chi connectivity index (χ1) is 15.0. The Kier molecular flexibility index (Phi) is 5.03. The Bertz CT molecular complexity index is 1340. The molecule has 0 unspecified atom stereocenters. The Morgan fingerprint density at radius 2 is 2.03 bits per heavy atom. The second-order valence-corrected chi connectivity index (χ2v) is 8.60. The average molecular weight is 441 g/mol. The molecule has 0 radical (unpaired) electrons. The maximum absolute atomic E-state index is 13.5. The first-order valence-corrected chi connectivity index (χ1v) is 11.0. The molecule has 3 aromatic heterocycles. The lowest BCUT2D eigenvalue weighted by Gasteiger charge is -2.21. The molecule has 0 N–H and O–H groups in total. The van der Waals surface area contributed by atoms with Gasteiger partial charge in [-0.1, -0.05) is 6.07 Å². The van der Waals surface area contributed by atoms with Crippen molar-refractivity contribution in [2.24, 2.45) is 7.05 Å². The molecule has 0 atom stereocenters. The predicted molar refractivity (Wildman–Crippen MR) is 116 cm³/mol. The van der Waals surface area contributed by atoms with Crippen LogP contribution in [0.25, 0.3) is 16.0 Å². The molecule has 1 aromatic carbocycles. The molecule has 1 amide bonds. The second kappa shape index (κ2) is 7.86. The van der Waals surface area contributed by atoms with E-state index in [4.69, 9.17) is 0 Å². The summed E-state index contributed by atoms with van der Waals surface area (Å²) in [4.78, 5) is 29.3. The summed E-state index contributed by atoms with van der Waals surface area (Å²) in [5.74, 6) is 0.724. The molecule has 1 saturated heterocycles. The number of halogens is 1. The number of aryl methyl sites for hydroxylation is 1. The molecule has 160 valence electrons. The molecular formula is C21H21FN6O2S. The number of rotatable bonds is 3. The van der Waals surface area contributed by atoms with Crippen LogP contribution in [-0.4, -0.2) is 61.1 Å². The van der Waals surface area contributed by atoms with Gasteiger partial charge < -0.3 is 4.90 Å². The van der Waals surface area contributed by atoms with Gasteiger partial charge in [0.05, 0.1) is 12.1 Å². The van der Waals surface area contributed by atoms with E-state index in [0.717, 1.165) is 24.3 Å². The Morgan fingerprint density at radius 1 is 1.16 bits per heavy atom. The van der Waals surface area contributed by atoms with E-state index in [2.05, 4.69) is 15.1 Å². The number of carbonyl (C=O) groups is 1. The Morgan fingerprint density at radius 3 is 2.87 bits per heavy atom. The fourth-order valence-electron chi connectivity index (χ4n) is 4.09. The minimum absolute atomic E-state index is 0.0716. The fourth-order valence-corrected chi connectivity index (χ4v) is 4.94. The maximum Gasteiger partial charge on any atom is 0.272 e. The Balaban J connectivity index is 1.37. The predicted octanol–water partition coefficient (Wildman–Crippen LogP) is 2.13. The third-order valence-electron chi connectivity index (χ3n) is 5.71. The number of thiophene rings is 1. The van der Waals surface area contributed by atoms with E-state index in [0.29, 0.717) is 42.2 Å². The van der Waals surface area contributed by atoms with E-state index in [1.165, 1.54) is 28.0 Å². The summed E-state index contributed by atoms with van der Waals surface area (Å²) in [6.07, 6.45) is 0.810. The van der Waals surface area contributed by atoms with Crippen molar-refractivity contribution in [1.29, 1.82) is 0 Å². The second-order valence-electron chi connectivity index (χ2n) is 7.68. The SMILES string of the molecule is Cn1c(=O)c2sccc2n2c(CN3CCCN(C(=O)c4cccc(F)c4)CC3)nnc12. The molecule has 1 aliphatic rings. The van der Waals surface area contributed by atoms with Gasteiger partial charge in [-0.2, -0.15) is 0 Å². The highest BCUT2D eigenvalue weighted by atomic mass is 32.1. The average Bonchev–Trinajstić information content (AvgIpc) is 3.34. The highest BCUT2D eigenvalue weighted by Gasteiger charge is 2.23. The lowest BCUT2D eigenvalue weighted by Crippen LogP contribution is -2.35. The summed E-state index contributed by atoms with van der Waals surface area (Å²) in [5, 5.41) is 10.5. The smallest absolute Gasteiger partial charge is 0.272 e. The first-order valence-electron chi connectivity index (χ1n) is 10.1. The summed E-state index contributed by atoms with van der Waals surface area (Å²) in [6.45, 7) is 3.22. The van der Waals surface area contributed by atoms with Crippen LogP contribution in [0.1, 0.15) is 22.6 Å². The van der Waals surface area contributed by atoms with Crippen LogP contribution in [0.15, 0.2) is 40.5 Å². The number of fused-ring (bicyclic) bond motifs is 3. The standard InChI is InChI=1S/C21H21FN6O2S/c1-25-20(30)18-16(6-11-31-18)28-17(23-24-21(25)28)13-26-7-3-8-27(10-9-26)19(29)14-4-2-5-15(22)12-14/h2,4-6,11-12H,3,7-10,13H2,1H3. The van der Waals surface area contributed by atoms with Gasteiger partial charge in [-0.05, 0) is 36.1 Å². The van der Waals surface area contributed by atoms with Gasteiger partial charge in [-0.15, -0.1) is 21.5 Å². The zero-order valence-electron chi connectivity index (χ0n) is 17.0. The van der Waals surface area contributed by atoms with Crippen molar-refractivity contribution in [3.8, 4) is 0 Å².